The van der Waals surface area contributed by atoms with Crippen molar-refractivity contribution in [1.29, 1.82) is 0 Å². The molecule has 1 atom stereocenters. The SMILES string of the molecule is O=S(=O)(C1CC1)N1CCCC1CCCO. The van der Waals surface area contributed by atoms with Gasteiger partial charge < -0.3 is 5.11 Å². The molecule has 0 amide bonds. The van der Waals surface area contributed by atoms with Gasteiger partial charge >= 0.3 is 0 Å². The minimum absolute atomic E-state index is 0.0905. The summed E-state index contributed by atoms with van der Waals surface area (Å²) in [6, 6.07) is 0.155. The third-order valence-corrected chi connectivity index (χ3v) is 5.74. The minimum atomic E-state index is -2.99. The molecular weight excluding hydrogens is 214 g/mol. The number of sulfonamides is 1. The molecule has 4 nitrogen and oxygen atoms in total. The van der Waals surface area contributed by atoms with E-state index in [4.69, 9.17) is 5.11 Å². The van der Waals surface area contributed by atoms with E-state index in [9.17, 15) is 8.42 Å². The van der Waals surface area contributed by atoms with Gasteiger partial charge in [-0.15, -0.1) is 0 Å². The lowest BCUT2D eigenvalue weighted by Crippen LogP contribution is -2.37. The van der Waals surface area contributed by atoms with Gasteiger partial charge in [-0.2, -0.15) is 4.31 Å². The molecule has 0 bridgehead atoms. The van der Waals surface area contributed by atoms with Gasteiger partial charge in [-0.05, 0) is 38.5 Å². The lowest BCUT2D eigenvalue weighted by molar-refractivity contribution is 0.264. The van der Waals surface area contributed by atoms with Crippen molar-refractivity contribution < 1.29 is 13.5 Å². The van der Waals surface area contributed by atoms with E-state index >= 15 is 0 Å². The van der Waals surface area contributed by atoms with Crippen molar-refractivity contribution >= 4 is 10.0 Å². The molecule has 1 saturated heterocycles. The second-order valence-electron chi connectivity index (χ2n) is 4.52. The van der Waals surface area contributed by atoms with Gasteiger partial charge in [0.15, 0.2) is 0 Å². The van der Waals surface area contributed by atoms with Gasteiger partial charge in [0, 0.05) is 19.2 Å². The second-order valence-corrected chi connectivity index (χ2v) is 6.68. The maximum Gasteiger partial charge on any atom is 0.217 e. The maximum atomic E-state index is 12.0. The van der Waals surface area contributed by atoms with Crippen LogP contribution in [-0.4, -0.2) is 42.3 Å². The van der Waals surface area contributed by atoms with Crippen molar-refractivity contribution in [2.75, 3.05) is 13.2 Å². The average Bonchev–Trinajstić information content (AvgIpc) is 2.95. The van der Waals surface area contributed by atoms with Crippen molar-refractivity contribution in [3.8, 4) is 0 Å². The fourth-order valence-corrected chi connectivity index (χ4v) is 4.44. The molecule has 0 aromatic heterocycles. The molecule has 1 heterocycles. The van der Waals surface area contributed by atoms with E-state index in [0.717, 1.165) is 32.1 Å². The third-order valence-electron chi connectivity index (χ3n) is 3.29. The Balaban J connectivity index is 2.00. The van der Waals surface area contributed by atoms with Crippen LogP contribution in [0.5, 0.6) is 0 Å². The number of nitrogens with zero attached hydrogens (tertiary/aromatic N) is 1. The van der Waals surface area contributed by atoms with E-state index in [0.29, 0.717) is 13.0 Å². The molecule has 0 aromatic carbocycles. The minimum Gasteiger partial charge on any atom is -0.396 e. The molecule has 1 unspecified atom stereocenters. The third kappa shape index (κ3) is 2.34. The molecule has 2 aliphatic rings. The summed E-state index contributed by atoms with van der Waals surface area (Å²) in [6.45, 7) is 0.850. The molecule has 1 aliphatic heterocycles. The van der Waals surface area contributed by atoms with E-state index in [1.807, 2.05) is 0 Å². The topological polar surface area (TPSA) is 57.6 Å². The van der Waals surface area contributed by atoms with E-state index in [1.54, 1.807) is 4.31 Å². The molecule has 2 fully saturated rings. The molecule has 88 valence electrons. The summed E-state index contributed by atoms with van der Waals surface area (Å²) in [5.41, 5.74) is 0. The van der Waals surface area contributed by atoms with Crippen LogP contribution in [0.3, 0.4) is 0 Å². The number of aliphatic hydroxyl groups is 1. The fraction of sp³-hybridized carbons (Fsp3) is 1.00. The first-order valence-electron chi connectivity index (χ1n) is 5.78. The van der Waals surface area contributed by atoms with E-state index in [-0.39, 0.29) is 17.9 Å². The highest BCUT2D eigenvalue weighted by Crippen LogP contribution is 2.35. The number of aliphatic hydroxyl groups excluding tert-OH is 1. The summed E-state index contributed by atoms with van der Waals surface area (Å²) in [7, 11) is -2.99. The first-order chi connectivity index (χ1) is 7.16. The van der Waals surface area contributed by atoms with Crippen LogP contribution in [0.25, 0.3) is 0 Å². The molecule has 2 rings (SSSR count). The summed E-state index contributed by atoms with van der Waals surface area (Å²) >= 11 is 0. The Bertz CT molecular complexity index is 311. The van der Waals surface area contributed by atoms with Gasteiger partial charge in [0.1, 0.15) is 0 Å². The van der Waals surface area contributed by atoms with Crippen molar-refractivity contribution in [2.45, 2.75) is 49.8 Å². The largest absolute Gasteiger partial charge is 0.396 e. The highest BCUT2D eigenvalue weighted by atomic mass is 32.2. The molecule has 0 aromatic rings. The van der Waals surface area contributed by atoms with E-state index in [2.05, 4.69) is 0 Å². The monoisotopic (exact) mass is 233 g/mol. The van der Waals surface area contributed by atoms with Crippen molar-refractivity contribution in [2.24, 2.45) is 0 Å². The Morgan fingerprint density at radius 2 is 2.00 bits per heavy atom. The zero-order valence-corrected chi connectivity index (χ0v) is 9.75. The van der Waals surface area contributed by atoms with Crippen molar-refractivity contribution in [3.63, 3.8) is 0 Å². The summed E-state index contributed by atoms with van der Waals surface area (Å²) in [5.74, 6) is 0. The number of rotatable bonds is 5. The smallest absolute Gasteiger partial charge is 0.217 e. The van der Waals surface area contributed by atoms with Crippen LogP contribution in [0.1, 0.15) is 38.5 Å². The summed E-state index contributed by atoms with van der Waals surface area (Å²) in [4.78, 5) is 0. The Kier molecular flexibility index (Phi) is 3.33. The van der Waals surface area contributed by atoms with Gasteiger partial charge in [0.2, 0.25) is 10.0 Å². The Morgan fingerprint density at radius 1 is 1.27 bits per heavy atom. The predicted molar refractivity (Wildman–Crippen MR) is 58.0 cm³/mol. The molecule has 5 heteroatoms. The standard InChI is InChI=1S/C10H19NO3S/c12-8-2-4-9-3-1-7-11(9)15(13,14)10-5-6-10/h9-10,12H,1-8H2. The quantitative estimate of drug-likeness (QED) is 0.761. The molecule has 1 aliphatic carbocycles. The summed E-state index contributed by atoms with van der Waals surface area (Å²) < 4.78 is 25.8. The lowest BCUT2D eigenvalue weighted by atomic mass is 10.1. The average molecular weight is 233 g/mol. The summed E-state index contributed by atoms with van der Waals surface area (Å²) in [5, 5.41) is 8.68. The van der Waals surface area contributed by atoms with Gasteiger partial charge in [0.05, 0.1) is 5.25 Å². The zero-order chi connectivity index (χ0) is 10.9. The second kappa shape index (κ2) is 4.39. The van der Waals surface area contributed by atoms with Crippen LogP contribution in [0.2, 0.25) is 0 Å². The summed E-state index contributed by atoms with van der Waals surface area (Å²) in [6.07, 6.45) is 5.13. The van der Waals surface area contributed by atoms with Gasteiger partial charge in [0.25, 0.3) is 0 Å². The molecule has 15 heavy (non-hydrogen) atoms. The van der Waals surface area contributed by atoms with Gasteiger partial charge in [-0.1, -0.05) is 0 Å². The van der Waals surface area contributed by atoms with Crippen LogP contribution in [0, 0.1) is 0 Å². The van der Waals surface area contributed by atoms with Crippen LogP contribution >= 0.6 is 0 Å². The first kappa shape index (κ1) is 11.4. The lowest BCUT2D eigenvalue weighted by Gasteiger charge is -2.23. The molecule has 1 saturated carbocycles. The van der Waals surface area contributed by atoms with Crippen LogP contribution in [-0.2, 0) is 10.0 Å². The van der Waals surface area contributed by atoms with E-state index in [1.165, 1.54) is 0 Å². The highest BCUT2D eigenvalue weighted by molar-refractivity contribution is 7.90. The Hall–Kier alpha value is -0.130. The molecule has 0 radical (unpaired) electrons. The highest BCUT2D eigenvalue weighted by Gasteiger charge is 2.43. The normalized spacial score (nSPS) is 28.5. The zero-order valence-electron chi connectivity index (χ0n) is 8.93. The van der Waals surface area contributed by atoms with Crippen LogP contribution in [0.4, 0.5) is 0 Å². The Morgan fingerprint density at radius 3 is 2.60 bits per heavy atom. The Labute approximate surface area is 91.3 Å². The van der Waals surface area contributed by atoms with Crippen LogP contribution in [0.15, 0.2) is 0 Å². The predicted octanol–water partition coefficient (Wildman–Crippen LogP) is 0.716. The van der Waals surface area contributed by atoms with Gasteiger partial charge in [-0.3, -0.25) is 0 Å². The van der Waals surface area contributed by atoms with Crippen molar-refractivity contribution in [3.05, 3.63) is 0 Å². The fourth-order valence-electron chi connectivity index (χ4n) is 2.32. The number of hydrogen-bond donors (Lipinski definition) is 1. The maximum absolute atomic E-state index is 12.0. The van der Waals surface area contributed by atoms with Crippen molar-refractivity contribution in [1.82, 2.24) is 4.31 Å². The molecule has 1 N–H and O–H groups in total. The van der Waals surface area contributed by atoms with E-state index < -0.39 is 10.0 Å². The molecular formula is C10H19NO3S. The van der Waals surface area contributed by atoms with Gasteiger partial charge in [-0.25, -0.2) is 8.42 Å². The first-order valence-corrected chi connectivity index (χ1v) is 7.28. The molecule has 0 spiro atoms. The van der Waals surface area contributed by atoms with Crippen LogP contribution < -0.4 is 0 Å². The number of hydrogen-bond acceptors (Lipinski definition) is 3.